The summed E-state index contributed by atoms with van der Waals surface area (Å²) in [5.41, 5.74) is 1.19. The van der Waals surface area contributed by atoms with Gasteiger partial charge in [-0.25, -0.2) is 13.2 Å². The fourth-order valence-corrected chi connectivity index (χ4v) is 2.11. The van der Waals surface area contributed by atoms with Gasteiger partial charge in [0.05, 0.1) is 4.83 Å². The van der Waals surface area contributed by atoms with Gasteiger partial charge in [0.1, 0.15) is 0 Å². The number of hydrogen-bond acceptors (Lipinski definition) is 0. The summed E-state index contributed by atoms with van der Waals surface area (Å²) in [4.78, 5) is -0.367. The number of halogens is 4. The van der Waals surface area contributed by atoms with Crippen LogP contribution in [-0.4, -0.2) is 0 Å². The summed E-state index contributed by atoms with van der Waals surface area (Å²) in [6.45, 7) is 0. The monoisotopic (exact) mass is 300 g/mol. The molecule has 4 heteroatoms. The fourth-order valence-electron chi connectivity index (χ4n) is 1.54. The molecule has 1 atom stereocenters. The molecule has 0 saturated heterocycles. The zero-order chi connectivity index (χ0) is 12.4. The SMILES string of the molecule is Fc1cc(C(Br)c2ccccc2)cc(F)c1F. The average Bonchev–Trinajstić information content (AvgIpc) is 2.35. The van der Waals surface area contributed by atoms with E-state index in [4.69, 9.17) is 0 Å². The molecule has 0 aliphatic heterocycles. The molecule has 0 radical (unpaired) electrons. The van der Waals surface area contributed by atoms with Crippen molar-refractivity contribution in [2.45, 2.75) is 4.83 Å². The second-order valence-electron chi connectivity index (χ2n) is 3.57. The first-order chi connectivity index (χ1) is 8.09. The van der Waals surface area contributed by atoms with Gasteiger partial charge in [-0.15, -0.1) is 0 Å². The van der Waals surface area contributed by atoms with Gasteiger partial charge in [-0.1, -0.05) is 46.3 Å². The smallest absolute Gasteiger partial charge is 0.194 e. The summed E-state index contributed by atoms with van der Waals surface area (Å²) in [5.74, 6) is -3.80. The first-order valence-electron chi connectivity index (χ1n) is 4.93. The van der Waals surface area contributed by atoms with Crippen LogP contribution in [0.25, 0.3) is 0 Å². The van der Waals surface area contributed by atoms with Gasteiger partial charge in [-0.2, -0.15) is 0 Å². The van der Waals surface area contributed by atoms with Crippen molar-refractivity contribution in [2.24, 2.45) is 0 Å². The summed E-state index contributed by atoms with van der Waals surface area (Å²) in [6.07, 6.45) is 0. The Hall–Kier alpha value is -1.29. The summed E-state index contributed by atoms with van der Waals surface area (Å²) in [6, 6.07) is 11.1. The van der Waals surface area contributed by atoms with Gasteiger partial charge >= 0.3 is 0 Å². The Bertz CT molecular complexity index is 502. The van der Waals surface area contributed by atoms with Gasteiger partial charge in [0.25, 0.3) is 0 Å². The lowest BCUT2D eigenvalue weighted by Crippen LogP contribution is -1.98. The van der Waals surface area contributed by atoms with Gasteiger partial charge in [-0.3, -0.25) is 0 Å². The molecular formula is C13H8BrF3. The summed E-state index contributed by atoms with van der Waals surface area (Å²) < 4.78 is 39.0. The molecule has 0 spiro atoms. The Morgan fingerprint density at radius 1 is 0.824 bits per heavy atom. The summed E-state index contributed by atoms with van der Waals surface area (Å²) >= 11 is 3.33. The molecule has 0 bridgehead atoms. The molecule has 0 amide bonds. The lowest BCUT2D eigenvalue weighted by Gasteiger charge is -2.11. The van der Waals surface area contributed by atoms with Crippen LogP contribution < -0.4 is 0 Å². The number of benzene rings is 2. The van der Waals surface area contributed by atoms with E-state index >= 15 is 0 Å². The molecule has 0 saturated carbocycles. The number of alkyl halides is 1. The Kier molecular flexibility index (Phi) is 3.52. The Morgan fingerprint density at radius 2 is 1.35 bits per heavy atom. The van der Waals surface area contributed by atoms with Crippen molar-refractivity contribution in [1.29, 1.82) is 0 Å². The third kappa shape index (κ3) is 2.52. The minimum absolute atomic E-state index is 0.340. The van der Waals surface area contributed by atoms with Crippen LogP contribution in [0, 0.1) is 17.5 Å². The van der Waals surface area contributed by atoms with Crippen molar-refractivity contribution in [3.8, 4) is 0 Å². The van der Waals surface area contributed by atoms with Crippen LogP contribution in [0.5, 0.6) is 0 Å². The fraction of sp³-hybridized carbons (Fsp3) is 0.0769. The Morgan fingerprint density at radius 3 is 1.88 bits per heavy atom. The molecule has 1 unspecified atom stereocenters. The molecule has 0 aliphatic rings. The van der Waals surface area contributed by atoms with Crippen LogP contribution in [0.2, 0.25) is 0 Å². The van der Waals surface area contributed by atoms with Crippen LogP contribution in [0.4, 0.5) is 13.2 Å². The van der Waals surface area contributed by atoms with Gasteiger partial charge < -0.3 is 0 Å². The maximum Gasteiger partial charge on any atom is 0.194 e. The predicted octanol–water partition coefficient (Wildman–Crippen LogP) is 4.59. The highest BCUT2D eigenvalue weighted by Crippen LogP contribution is 2.31. The summed E-state index contributed by atoms with van der Waals surface area (Å²) in [5, 5.41) is 0. The molecule has 0 aliphatic carbocycles. The quantitative estimate of drug-likeness (QED) is 0.562. The zero-order valence-corrected chi connectivity index (χ0v) is 10.2. The lowest BCUT2D eigenvalue weighted by molar-refractivity contribution is 0.445. The van der Waals surface area contributed by atoms with Crippen molar-refractivity contribution in [1.82, 2.24) is 0 Å². The highest BCUT2D eigenvalue weighted by Gasteiger charge is 2.16. The van der Waals surface area contributed by atoms with E-state index in [9.17, 15) is 13.2 Å². The summed E-state index contributed by atoms with van der Waals surface area (Å²) in [7, 11) is 0. The largest absolute Gasteiger partial charge is 0.204 e. The molecule has 17 heavy (non-hydrogen) atoms. The molecule has 0 N–H and O–H groups in total. The van der Waals surface area contributed by atoms with Crippen molar-refractivity contribution in [3.05, 3.63) is 71.0 Å². The number of hydrogen-bond donors (Lipinski definition) is 0. The zero-order valence-electron chi connectivity index (χ0n) is 8.63. The maximum absolute atomic E-state index is 13.1. The van der Waals surface area contributed by atoms with Gasteiger partial charge in [0.15, 0.2) is 17.5 Å². The highest BCUT2D eigenvalue weighted by atomic mass is 79.9. The molecule has 0 fully saturated rings. The highest BCUT2D eigenvalue weighted by molar-refractivity contribution is 9.09. The van der Waals surface area contributed by atoms with Gasteiger partial charge in [0, 0.05) is 0 Å². The normalized spacial score (nSPS) is 12.5. The molecule has 88 valence electrons. The Balaban J connectivity index is 2.41. The van der Waals surface area contributed by atoms with Crippen LogP contribution in [0.3, 0.4) is 0 Å². The van der Waals surface area contributed by atoms with Crippen molar-refractivity contribution < 1.29 is 13.2 Å². The van der Waals surface area contributed by atoms with E-state index in [1.165, 1.54) is 0 Å². The van der Waals surface area contributed by atoms with Crippen molar-refractivity contribution >= 4 is 15.9 Å². The first-order valence-corrected chi connectivity index (χ1v) is 5.84. The Labute approximate surface area is 105 Å². The third-order valence-corrected chi connectivity index (χ3v) is 3.45. The van der Waals surface area contributed by atoms with Gasteiger partial charge in [0.2, 0.25) is 0 Å². The van der Waals surface area contributed by atoms with Gasteiger partial charge in [-0.05, 0) is 23.3 Å². The molecule has 2 aromatic carbocycles. The topological polar surface area (TPSA) is 0 Å². The minimum atomic E-state index is -1.44. The first kappa shape index (κ1) is 12.2. The van der Waals surface area contributed by atoms with Crippen molar-refractivity contribution in [2.75, 3.05) is 0 Å². The third-order valence-electron chi connectivity index (χ3n) is 2.39. The van der Waals surface area contributed by atoms with Crippen LogP contribution in [-0.2, 0) is 0 Å². The molecule has 2 aromatic rings. The minimum Gasteiger partial charge on any atom is -0.204 e. The van der Waals surface area contributed by atoms with Crippen LogP contribution >= 0.6 is 15.9 Å². The molecule has 2 rings (SSSR count). The molecule has 0 nitrogen and oxygen atoms in total. The second-order valence-corrected chi connectivity index (χ2v) is 4.49. The van der Waals surface area contributed by atoms with E-state index in [1.54, 1.807) is 0 Å². The van der Waals surface area contributed by atoms with E-state index in [0.717, 1.165) is 17.7 Å². The standard InChI is InChI=1S/C13H8BrF3/c14-12(8-4-2-1-3-5-8)9-6-10(15)13(17)11(16)7-9/h1-7,12H. The molecule has 0 heterocycles. The van der Waals surface area contributed by atoms with E-state index in [1.807, 2.05) is 30.3 Å². The second kappa shape index (κ2) is 4.92. The van der Waals surface area contributed by atoms with E-state index in [0.29, 0.717) is 5.56 Å². The lowest BCUT2D eigenvalue weighted by atomic mass is 10.0. The van der Waals surface area contributed by atoms with E-state index in [2.05, 4.69) is 15.9 Å². The van der Waals surface area contributed by atoms with E-state index < -0.39 is 17.5 Å². The maximum atomic E-state index is 13.1. The molecule has 0 aromatic heterocycles. The van der Waals surface area contributed by atoms with Crippen molar-refractivity contribution in [3.63, 3.8) is 0 Å². The van der Waals surface area contributed by atoms with E-state index in [-0.39, 0.29) is 4.83 Å². The van der Waals surface area contributed by atoms with Crippen LogP contribution in [0.1, 0.15) is 16.0 Å². The number of rotatable bonds is 2. The molecular weight excluding hydrogens is 293 g/mol. The predicted molar refractivity (Wildman–Crippen MR) is 63.5 cm³/mol. The average molecular weight is 301 g/mol. The van der Waals surface area contributed by atoms with Crippen LogP contribution in [0.15, 0.2) is 42.5 Å².